The zero-order chi connectivity index (χ0) is 40.8. The number of esters is 1. The summed E-state index contributed by atoms with van der Waals surface area (Å²) >= 11 is 0. The molecular weight excluding hydrogens is 695 g/mol. The van der Waals surface area contributed by atoms with Crippen LogP contribution in [0.4, 0.5) is 0 Å². The second-order valence-corrected chi connectivity index (χ2v) is 16.1. The molecule has 0 aromatic rings. The second kappa shape index (κ2) is 45.5. The minimum Gasteiger partial charge on any atom is -0.466 e. The van der Waals surface area contributed by atoms with Gasteiger partial charge >= 0.3 is 5.97 Å². The van der Waals surface area contributed by atoms with E-state index in [-0.39, 0.29) is 18.5 Å². The number of allylic oxidation sites excluding steroid dienone is 8. The van der Waals surface area contributed by atoms with E-state index >= 15 is 0 Å². The maximum absolute atomic E-state index is 12.4. The van der Waals surface area contributed by atoms with E-state index in [0.717, 1.165) is 89.9 Å². The summed E-state index contributed by atoms with van der Waals surface area (Å²) in [7, 11) is 0. The lowest BCUT2D eigenvalue weighted by Gasteiger charge is -2.22. The van der Waals surface area contributed by atoms with Crippen molar-refractivity contribution in [1.29, 1.82) is 0 Å². The minimum absolute atomic E-state index is 0.0376. The Morgan fingerprint density at radius 1 is 0.518 bits per heavy atom. The summed E-state index contributed by atoms with van der Waals surface area (Å²) in [5.74, 6) is -0.0995. The minimum atomic E-state index is -0.678. The van der Waals surface area contributed by atoms with Crippen LogP contribution in [0.3, 0.4) is 0 Å². The van der Waals surface area contributed by atoms with Crippen molar-refractivity contribution in [2.75, 3.05) is 13.2 Å². The van der Waals surface area contributed by atoms with Gasteiger partial charge in [-0.25, -0.2) is 0 Å². The number of rotatable bonds is 43. The van der Waals surface area contributed by atoms with E-state index < -0.39 is 12.1 Å². The average molecular weight is 786 g/mol. The molecule has 0 saturated heterocycles. The monoisotopic (exact) mass is 786 g/mol. The fourth-order valence-electron chi connectivity index (χ4n) is 6.88. The Labute approximate surface area is 346 Å². The SMILES string of the molecule is CCCC/C=C\C/C=C\CCCCCCCC(=O)OCCCCC/C=C\C=C/CCCCCCCCC(=O)NC(CO)C(O)CCCCCCCCCCCC. The predicted octanol–water partition coefficient (Wildman–Crippen LogP) is 13.9. The van der Waals surface area contributed by atoms with Crippen molar-refractivity contribution in [3.63, 3.8) is 0 Å². The molecule has 0 heterocycles. The summed E-state index contributed by atoms with van der Waals surface area (Å²) in [5, 5.41) is 23.1. The van der Waals surface area contributed by atoms with E-state index in [0.29, 0.717) is 25.9 Å². The van der Waals surface area contributed by atoms with E-state index in [1.807, 2.05) is 0 Å². The Morgan fingerprint density at radius 3 is 1.52 bits per heavy atom. The number of aliphatic hydroxyl groups is 2. The molecule has 0 aromatic heterocycles. The number of unbranched alkanes of at least 4 members (excludes halogenated alkanes) is 25. The van der Waals surface area contributed by atoms with E-state index in [9.17, 15) is 19.8 Å². The third-order valence-corrected chi connectivity index (χ3v) is 10.6. The zero-order valence-electron chi connectivity index (χ0n) is 36.8. The first-order valence-corrected chi connectivity index (χ1v) is 23.9. The Kier molecular flexibility index (Phi) is 43.7. The number of nitrogens with one attached hydrogen (secondary N) is 1. The van der Waals surface area contributed by atoms with Crippen LogP contribution < -0.4 is 5.32 Å². The standard InChI is InChI=1S/C50H91NO5/c1-3-5-7-9-11-13-15-16-21-24-28-32-36-40-44-50(55)56-45-41-37-33-29-25-22-19-17-18-20-23-27-31-35-39-43-49(54)51-47(46-52)48(53)42-38-34-30-26-14-12-10-8-6-4-2/h9,11,15-17,19,22,25,47-48,52-53H,3-8,10,12-14,18,20-21,23-24,26-46H2,1-2H3,(H,51,54)/b11-9-,16-15-,19-17-,25-22-. The molecule has 0 radical (unpaired) electrons. The van der Waals surface area contributed by atoms with E-state index in [1.165, 1.54) is 109 Å². The van der Waals surface area contributed by atoms with Crippen molar-refractivity contribution in [2.24, 2.45) is 0 Å². The van der Waals surface area contributed by atoms with Crippen molar-refractivity contribution in [3.05, 3.63) is 48.6 Å². The molecule has 0 rings (SSSR count). The number of amides is 1. The van der Waals surface area contributed by atoms with Gasteiger partial charge in [-0.1, -0.05) is 184 Å². The quantitative estimate of drug-likeness (QED) is 0.0248. The van der Waals surface area contributed by atoms with Gasteiger partial charge in [0.2, 0.25) is 5.91 Å². The van der Waals surface area contributed by atoms with Gasteiger partial charge in [-0.3, -0.25) is 9.59 Å². The fourth-order valence-corrected chi connectivity index (χ4v) is 6.88. The molecule has 326 valence electrons. The van der Waals surface area contributed by atoms with Crippen LogP contribution in [0.25, 0.3) is 0 Å². The highest BCUT2D eigenvalue weighted by atomic mass is 16.5. The summed E-state index contributed by atoms with van der Waals surface area (Å²) in [4.78, 5) is 24.4. The van der Waals surface area contributed by atoms with Gasteiger partial charge in [0.05, 0.1) is 25.4 Å². The Hall–Kier alpha value is -2.18. The van der Waals surface area contributed by atoms with Gasteiger partial charge in [-0.15, -0.1) is 0 Å². The summed E-state index contributed by atoms with van der Waals surface area (Å²) in [6.45, 7) is 4.81. The maximum Gasteiger partial charge on any atom is 0.305 e. The molecule has 0 aromatic carbocycles. The van der Waals surface area contributed by atoms with Crippen molar-refractivity contribution >= 4 is 11.9 Å². The first kappa shape index (κ1) is 53.8. The third-order valence-electron chi connectivity index (χ3n) is 10.6. The Balaban J connectivity index is 3.54. The van der Waals surface area contributed by atoms with Gasteiger partial charge in [-0.05, 0) is 83.5 Å². The predicted molar refractivity (Wildman–Crippen MR) is 241 cm³/mol. The van der Waals surface area contributed by atoms with E-state index in [1.54, 1.807) is 0 Å². The third kappa shape index (κ3) is 41.5. The number of hydrogen-bond donors (Lipinski definition) is 3. The molecule has 0 aliphatic rings. The van der Waals surface area contributed by atoms with Gasteiger partial charge in [0.1, 0.15) is 0 Å². The van der Waals surface area contributed by atoms with Crippen LogP contribution in [0, 0.1) is 0 Å². The first-order valence-electron chi connectivity index (χ1n) is 23.9. The van der Waals surface area contributed by atoms with Crippen molar-refractivity contribution in [1.82, 2.24) is 5.32 Å². The summed E-state index contributed by atoms with van der Waals surface area (Å²) in [6, 6.07) is -0.557. The molecule has 0 spiro atoms. The number of aliphatic hydroxyl groups excluding tert-OH is 2. The first-order chi connectivity index (χ1) is 27.5. The summed E-state index contributed by atoms with van der Waals surface area (Å²) in [6.07, 6.45) is 55.0. The number of ether oxygens (including phenoxy) is 1. The van der Waals surface area contributed by atoms with E-state index in [2.05, 4.69) is 67.8 Å². The number of carbonyl (C=O) groups excluding carboxylic acids is 2. The zero-order valence-corrected chi connectivity index (χ0v) is 36.8. The molecule has 6 nitrogen and oxygen atoms in total. The van der Waals surface area contributed by atoms with Crippen molar-refractivity contribution in [2.45, 2.75) is 244 Å². The average Bonchev–Trinajstić information content (AvgIpc) is 3.20. The molecule has 0 aliphatic heterocycles. The number of hydrogen-bond acceptors (Lipinski definition) is 5. The van der Waals surface area contributed by atoms with Crippen LogP contribution in [0.5, 0.6) is 0 Å². The molecular formula is C50H91NO5. The van der Waals surface area contributed by atoms with Gasteiger partial charge in [-0.2, -0.15) is 0 Å². The molecule has 0 bridgehead atoms. The summed E-state index contributed by atoms with van der Waals surface area (Å²) < 4.78 is 5.42. The smallest absolute Gasteiger partial charge is 0.305 e. The van der Waals surface area contributed by atoms with E-state index in [4.69, 9.17) is 4.74 Å². The lowest BCUT2D eigenvalue weighted by molar-refractivity contribution is -0.143. The molecule has 0 fully saturated rings. The highest BCUT2D eigenvalue weighted by molar-refractivity contribution is 5.76. The van der Waals surface area contributed by atoms with Crippen LogP contribution in [0.15, 0.2) is 48.6 Å². The van der Waals surface area contributed by atoms with Crippen LogP contribution >= 0.6 is 0 Å². The molecule has 1 amide bonds. The fraction of sp³-hybridized carbons (Fsp3) is 0.800. The van der Waals surface area contributed by atoms with Crippen LogP contribution in [-0.2, 0) is 14.3 Å². The molecule has 2 atom stereocenters. The highest BCUT2D eigenvalue weighted by Crippen LogP contribution is 2.14. The molecule has 2 unspecified atom stereocenters. The largest absolute Gasteiger partial charge is 0.466 e. The summed E-state index contributed by atoms with van der Waals surface area (Å²) in [5.41, 5.74) is 0. The van der Waals surface area contributed by atoms with Gasteiger partial charge in [0.15, 0.2) is 0 Å². The van der Waals surface area contributed by atoms with Crippen LogP contribution in [0.2, 0.25) is 0 Å². The Bertz CT molecular complexity index is 957. The van der Waals surface area contributed by atoms with Crippen molar-refractivity contribution < 1.29 is 24.5 Å². The molecule has 3 N–H and O–H groups in total. The maximum atomic E-state index is 12.4. The normalized spacial score (nSPS) is 13.1. The van der Waals surface area contributed by atoms with Crippen LogP contribution in [-0.4, -0.2) is 47.4 Å². The lowest BCUT2D eigenvalue weighted by atomic mass is 10.0. The van der Waals surface area contributed by atoms with Gasteiger partial charge in [0, 0.05) is 12.8 Å². The van der Waals surface area contributed by atoms with Crippen LogP contribution in [0.1, 0.15) is 232 Å². The molecule has 56 heavy (non-hydrogen) atoms. The highest BCUT2D eigenvalue weighted by Gasteiger charge is 2.20. The lowest BCUT2D eigenvalue weighted by Crippen LogP contribution is -2.45. The topological polar surface area (TPSA) is 95.9 Å². The van der Waals surface area contributed by atoms with Gasteiger partial charge < -0.3 is 20.3 Å². The number of carbonyl (C=O) groups is 2. The molecule has 0 saturated carbocycles. The molecule has 6 heteroatoms. The second-order valence-electron chi connectivity index (χ2n) is 16.1. The van der Waals surface area contributed by atoms with Gasteiger partial charge in [0.25, 0.3) is 0 Å². The Morgan fingerprint density at radius 2 is 0.964 bits per heavy atom. The molecule has 0 aliphatic carbocycles. The van der Waals surface area contributed by atoms with Crippen molar-refractivity contribution in [3.8, 4) is 0 Å².